The predicted octanol–water partition coefficient (Wildman–Crippen LogP) is 0.783. The van der Waals surface area contributed by atoms with Gasteiger partial charge in [0, 0.05) is 19.6 Å². The van der Waals surface area contributed by atoms with Crippen LogP contribution in [0.1, 0.15) is 19.8 Å². The molecule has 84 valence electrons. The molecule has 1 rings (SSSR count). The highest BCUT2D eigenvalue weighted by molar-refractivity contribution is 4.69. The van der Waals surface area contributed by atoms with E-state index >= 15 is 0 Å². The van der Waals surface area contributed by atoms with Gasteiger partial charge >= 0.3 is 0 Å². The van der Waals surface area contributed by atoms with Gasteiger partial charge in [-0.05, 0) is 19.8 Å². The fraction of sp³-hybridized carbons (Fsp3) is 1.00. The lowest BCUT2D eigenvalue weighted by atomic mass is 9.98. The third-order valence-corrected chi connectivity index (χ3v) is 2.37. The predicted molar refractivity (Wildman–Crippen MR) is 52.0 cm³/mol. The van der Waals surface area contributed by atoms with Gasteiger partial charge in [0.1, 0.15) is 0 Å². The van der Waals surface area contributed by atoms with Crippen molar-refractivity contribution in [3.63, 3.8) is 0 Å². The van der Waals surface area contributed by atoms with Crippen molar-refractivity contribution in [1.82, 2.24) is 0 Å². The molecule has 1 aliphatic heterocycles. The number of rotatable bonds is 6. The number of aliphatic hydroxyl groups excluding tert-OH is 1. The average Bonchev–Trinajstić information content (AvgIpc) is 2.64. The van der Waals surface area contributed by atoms with Crippen molar-refractivity contribution in [2.24, 2.45) is 5.92 Å². The largest absolute Gasteiger partial charge is 0.393 e. The van der Waals surface area contributed by atoms with Gasteiger partial charge in [-0.1, -0.05) is 0 Å². The summed E-state index contributed by atoms with van der Waals surface area (Å²) in [5.74, 6) is 0.234. The summed E-state index contributed by atoms with van der Waals surface area (Å²) < 4.78 is 15.9. The Kier molecular flexibility index (Phi) is 5.40. The average molecular weight is 204 g/mol. The van der Waals surface area contributed by atoms with Crippen LogP contribution >= 0.6 is 0 Å². The molecule has 0 bridgehead atoms. The van der Waals surface area contributed by atoms with Crippen LogP contribution in [0.15, 0.2) is 0 Å². The first-order valence-electron chi connectivity index (χ1n) is 5.14. The number of ether oxygens (including phenoxy) is 3. The minimum atomic E-state index is -0.315. The van der Waals surface area contributed by atoms with E-state index in [-0.39, 0.29) is 18.3 Å². The molecule has 0 radical (unpaired) electrons. The van der Waals surface area contributed by atoms with E-state index in [1.165, 1.54) is 0 Å². The van der Waals surface area contributed by atoms with Crippen LogP contribution in [0.3, 0.4) is 0 Å². The summed E-state index contributed by atoms with van der Waals surface area (Å²) in [5.41, 5.74) is 0. The summed E-state index contributed by atoms with van der Waals surface area (Å²) in [7, 11) is 1.68. The van der Waals surface area contributed by atoms with Crippen LogP contribution in [0.2, 0.25) is 0 Å². The molecule has 2 unspecified atom stereocenters. The maximum absolute atomic E-state index is 9.33. The normalized spacial score (nSPS) is 22.5. The van der Waals surface area contributed by atoms with Crippen molar-refractivity contribution in [1.29, 1.82) is 0 Å². The third-order valence-electron chi connectivity index (χ3n) is 2.37. The van der Waals surface area contributed by atoms with Crippen molar-refractivity contribution >= 4 is 0 Å². The summed E-state index contributed by atoms with van der Waals surface area (Å²) in [6.45, 7) is 3.79. The van der Waals surface area contributed by atoms with E-state index < -0.39 is 0 Å². The van der Waals surface area contributed by atoms with E-state index in [4.69, 9.17) is 14.2 Å². The molecule has 1 saturated heterocycles. The molecule has 14 heavy (non-hydrogen) atoms. The van der Waals surface area contributed by atoms with Gasteiger partial charge < -0.3 is 19.3 Å². The highest BCUT2D eigenvalue weighted by Gasteiger charge is 2.27. The monoisotopic (exact) mass is 204 g/mol. The van der Waals surface area contributed by atoms with Gasteiger partial charge in [-0.3, -0.25) is 0 Å². The Morgan fingerprint density at radius 1 is 1.43 bits per heavy atom. The molecular formula is C10H20O4. The summed E-state index contributed by atoms with van der Waals surface area (Å²) in [5, 5.41) is 9.33. The fourth-order valence-corrected chi connectivity index (χ4v) is 1.72. The molecule has 4 nitrogen and oxygen atoms in total. The second-order valence-corrected chi connectivity index (χ2v) is 3.74. The zero-order valence-corrected chi connectivity index (χ0v) is 8.94. The van der Waals surface area contributed by atoms with Gasteiger partial charge in [0.15, 0.2) is 6.29 Å². The zero-order valence-electron chi connectivity index (χ0n) is 8.94. The fourth-order valence-electron chi connectivity index (χ4n) is 1.72. The Balaban J connectivity index is 2.34. The van der Waals surface area contributed by atoms with E-state index in [0.29, 0.717) is 26.2 Å². The Hall–Kier alpha value is -0.160. The summed E-state index contributed by atoms with van der Waals surface area (Å²) in [6.07, 6.45) is 1.10. The van der Waals surface area contributed by atoms with Crippen molar-refractivity contribution in [2.45, 2.75) is 32.2 Å². The molecule has 1 heterocycles. The van der Waals surface area contributed by atoms with E-state index in [2.05, 4.69) is 0 Å². The van der Waals surface area contributed by atoms with Gasteiger partial charge in [-0.2, -0.15) is 0 Å². The first-order valence-corrected chi connectivity index (χ1v) is 5.14. The number of hydrogen-bond donors (Lipinski definition) is 1. The molecule has 1 fully saturated rings. The molecule has 1 aliphatic rings. The highest BCUT2D eigenvalue weighted by atomic mass is 16.7. The smallest absolute Gasteiger partial charge is 0.160 e. The maximum Gasteiger partial charge on any atom is 0.160 e. The quantitative estimate of drug-likeness (QED) is 0.694. The van der Waals surface area contributed by atoms with Crippen molar-refractivity contribution < 1.29 is 19.3 Å². The molecule has 0 aromatic rings. The van der Waals surface area contributed by atoms with E-state index in [0.717, 1.165) is 6.42 Å². The van der Waals surface area contributed by atoms with Crippen LogP contribution in [0.25, 0.3) is 0 Å². The SMILES string of the molecule is COCCC(CC(C)O)C1OCCO1. The molecule has 0 aliphatic carbocycles. The van der Waals surface area contributed by atoms with Gasteiger partial charge in [0.25, 0.3) is 0 Å². The summed E-state index contributed by atoms with van der Waals surface area (Å²) in [4.78, 5) is 0. The second-order valence-electron chi connectivity index (χ2n) is 3.74. The van der Waals surface area contributed by atoms with Crippen LogP contribution < -0.4 is 0 Å². The number of aliphatic hydroxyl groups is 1. The van der Waals surface area contributed by atoms with Crippen molar-refractivity contribution in [3.8, 4) is 0 Å². The van der Waals surface area contributed by atoms with Crippen LogP contribution in [0.5, 0.6) is 0 Å². The van der Waals surface area contributed by atoms with Gasteiger partial charge in [0.2, 0.25) is 0 Å². The Morgan fingerprint density at radius 3 is 2.57 bits per heavy atom. The summed E-state index contributed by atoms with van der Waals surface area (Å²) >= 11 is 0. The molecular weight excluding hydrogens is 184 g/mol. The minimum absolute atomic E-state index is 0.153. The molecule has 0 amide bonds. The standard InChI is InChI=1S/C10H20O4/c1-8(11)7-9(3-4-12-2)10-13-5-6-14-10/h8-11H,3-7H2,1-2H3. The second kappa shape index (κ2) is 6.35. The van der Waals surface area contributed by atoms with Gasteiger partial charge in [-0.25, -0.2) is 0 Å². The van der Waals surface area contributed by atoms with E-state index in [1.54, 1.807) is 14.0 Å². The lowest BCUT2D eigenvalue weighted by Gasteiger charge is -2.22. The highest BCUT2D eigenvalue weighted by Crippen LogP contribution is 2.22. The van der Waals surface area contributed by atoms with Crippen molar-refractivity contribution in [2.75, 3.05) is 26.9 Å². The van der Waals surface area contributed by atoms with E-state index in [9.17, 15) is 5.11 Å². The minimum Gasteiger partial charge on any atom is -0.393 e. The van der Waals surface area contributed by atoms with Crippen LogP contribution in [-0.4, -0.2) is 44.4 Å². The Bertz CT molecular complexity index is 143. The number of hydrogen-bond acceptors (Lipinski definition) is 4. The van der Waals surface area contributed by atoms with Crippen LogP contribution in [0, 0.1) is 5.92 Å². The summed E-state index contributed by atoms with van der Waals surface area (Å²) in [6, 6.07) is 0. The molecule has 0 spiro atoms. The molecule has 0 aromatic carbocycles. The van der Waals surface area contributed by atoms with Gasteiger partial charge in [0.05, 0.1) is 19.3 Å². The van der Waals surface area contributed by atoms with Gasteiger partial charge in [-0.15, -0.1) is 0 Å². The lowest BCUT2D eigenvalue weighted by Crippen LogP contribution is -2.26. The zero-order chi connectivity index (χ0) is 10.4. The molecule has 0 saturated carbocycles. The first kappa shape index (κ1) is 11.9. The van der Waals surface area contributed by atoms with Crippen LogP contribution in [-0.2, 0) is 14.2 Å². The molecule has 0 aromatic heterocycles. The topological polar surface area (TPSA) is 47.9 Å². The lowest BCUT2D eigenvalue weighted by molar-refractivity contribution is -0.0986. The Labute approximate surface area is 85.2 Å². The van der Waals surface area contributed by atoms with E-state index in [1.807, 2.05) is 0 Å². The Morgan fingerprint density at radius 2 is 2.07 bits per heavy atom. The van der Waals surface area contributed by atoms with Crippen LogP contribution in [0.4, 0.5) is 0 Å². The molecule has 1 N–H and O–H groups in total. The number of methoxy groups -OCH3 is 1. The molecule has 4 heteroatoms. The molecule has 2 atom stereocenters. The maximum atomic E-state index is 9.33. The first-order chi connectivity index (χ1) is 6.74. The van der Waals surface area contributed by atoms with Crippen molar-refractivity contribution in [3.05, 3.63) is 0 Å². The third kappa shape index (κ3) is 3.92.